The summed E-state index contributed by atoms with van der Waals surface area (Å²) >= 11 is 0. The van der Waals surface area contributed by atoms with E-state index in [1.807, 2.05) is 42.2 Å². The second kappa shape index (κ2) is 10.8. The maximum atomic E-state index is 12.7. The number of rotatable bonds is 5. The number of urea groups is 1. The zero-order valence-corrected chi connectivity index (χ0v) is 19.0. The van der Waals surface area contributed by atoms with Crippen LogP contribution in [0.5, 0.6) is 5.75 Å². The number of benzene rings is 2. The second-order valence-electron chi connectivity index (χ2n) is 8.33. The summed E-state index contributed by atoms with van der Waals surface area (Å²) in [4.78, 5) is 22.5. The predicted octanol–water partition coefficient (Wildman–Crippen LogP) is 5.40. The Bertz CT molecular complexity index is 1060. The van der Waals surface area contributed by atoms with Crippen LogP contribution in [0.3, 0.4) is 0 Å². The zero-order valence-electron chi connectivity index (χ0n) is 19.0. The third kappa shape index (κ3) is 6.19. The number of hydrogen-bond donors (Lipinski definition) is 1. The zero-order chi connectivity index (χ0) is 23.0. The minimum atomic E-state index is 0.0535. The minimum absolute atomic E-state index is 0.0535. The summed E-state index contributed by atoms with van der Waals surface area (Å²) in [5.74, 6) is 1.11. The average molecular weight is 443 g/mol. The standard InChI is InChI=1S/C27H30N4O2/c1-3-14-29-26(28-2)33-23-11-7-8-21(18-23)17-20-12-15-31(16-13-20)27(32)30-25-19-24(25)22-9-5-4-6-10-22/h3-11,14,17-18,24-25H,2,12-13,15-16,19H2,1H3,(H,30,32)/b14-3-,29-26?. The van der Waals surface area contributed by atoms with Crippen molar-refractivity contribution in [2.24, 2.45) is 9.98 Å². The van der Waals surface area contributed by atoms with Crippen LogP contribution in [0.15, 0.2) is 82.4 Å². The number of nitrogens with zero attached hydrogens (tertiary/aromatic N) is 3. The van der Waals surface area contributed by atoms with E-state index in [0.717, 1.165) is 37.9 Å². The lowest BCUT2D eigenvalue weighted by Crippen LogP contribution is -2.44. The number of allylic oxidation sites excluding steroid dienone is 1. The number of nitrogens with one attached hydrogen (secondary N) is 1. The molecule has 1 aliphatic carbocycles. The molecule has 0 spiro atoms. The van der Waals surface area contributed by atoms with Crippen LogP contribution in [-0.2, 0) is 0 Å². The molecule has 2 aromatic carbocycles. The van der Waals surface area contributed by atoms with Crippen LogP contribution < -0.4 is 10.1 Å². The molecule has 2 atom stereocenters. The summed E-state index contributed by atoms with van der Waals surface area (Å²) in [7, 11) is 0. The molecular formula is C27H30N4O2. The topological polar surface area (TPSA) is 66.3 Å². The fraction of sp³-hybridized carbons (Fsp3) is 0.296. The highest BCUT2D eigenvalue weighted by Crippen LogP contribution is 2.40. The number of carbonyl (C=O) groups excluding carboxylic acids is 1. The molecule has 1 saturated carbocycles. The lowest BCUT2D eigenvalue weighted by atomic mass is 10.0. The Labute approximate surface area is 195 Å². The summed E-state index contributed by atoms with van der Waals surface area (Å²) in [6.45, 7) is 6.84. The predicted molar refractivity (Wildman–Crippen MR) is 134 cm³/mol. The van der Waals surface area contributed by atoms with Crippen molar-refractivity contribution in [3.8, 4) is 5.75 Å². The van der Waals surface area contributed by atoms with E-state index in [1.165, 1.54) is 11.1 Å². The Kier molecular flexibility index (Phi) is 7.35. The molecule has 1 saturated heterocycles. The maximum Gasteiger partial charge on any atom is 0.321 e. The maximum absolute atomic E-state index is 12.7. The Morgan fingerprint density at radius 1 is 1.15 bits per heavy atom. The van der Waals surface area contributed by atoms with Crippen molar-refractivity contribution < 1.29 is 9.53 Å². The first-order chi connectivity index (χ1) is 16.2. The van der Waals surface area contributed by atoms with E-state index in [1.54, 1.807) is 12.3 Å². The van der Waals surface area contributed by atoms with Crippen molar-refractivity contribution in [3.05, 3.63) is 83.6 Å². The first kappa shape index (κ1) is 22.5. The van der Waals surface area contributed by atoms with E-state index < -0.39 is 0 Å². The normalized spacial score (nSPS) is 20.5. The van der Waals surface area contributed by atoms with Gasteiger partial charge >= 0.3 is 12.1 Å². The smallest absolute Gasteiger partial charge is 0.321 e. The Hall–Kier alpha value is -3.67. The summed E-state index contributed by atoms with van der Waals surface area (Å²) in [5, 5.41) is 3.20. The van der Waals surface area contributed by atoms with Gasteiger partial charge in [0.05, 0.1) is 0 Å². The number of hydrogen-bond acceptors (Lipinski definition) is 3. The number of ether oxygens (including phenoxy) is 1. The van der Waals surface area contributed by atoms with Crippen molar-refractivity contribution in [2.45, 2.75) is 38.1 Å². The number of carbonyl (C=O) groups is 1. The molecule has 170 valence electrons. The fourth-order valence-corrected chi connectivity index (χ4v) is 4.06. The highest BCUT2D eigenvalue weighted by molar-refractivity contribution is 5.81. The highest BCUT2D eigenvalue weighted by atomic mass is 16.5. The van der Waals surface area contributed by atoms with Crippen LogP contribution in [0, 0.1) is 0 Å². The number of amidine groups is 1. The molecule has 2 amide bonds. The monoisotopic (exact) mass is 442 g/mol. The van der Waals surface area contributed by atoms with Gasteiger partial charge in [-0.25, -0.2) is 14.8 Å². The van der Waals surface area contributed by atoms with Crippen molar-refractivity contribution in [3.63, 3.8) is 0 Å². The van der Waals surface area contributed by atoms with E-state index in [2.05, 4.69) is 52.4 Å². The van der Waals surface area contributed by atoms with Gasteiger partial charge in [-0.15, -0.1) is 0 Å². The van der Waals surface area contributed by atoms with Gasteiger partial charge in [0.25, 0.3) is 0 Å². The molecule has 0 aromatic heterocycles. The number of likely N-dealkylation sites (tertiary alicyclic amines) is 1. The lowest BCUT2D eigenvalue weighted by molar-refractivity contribution is 0.193. The van der Waals surface area contributed by atoms with E-state index >= 15 is 0 Å². The first-order valence-electron chi connectivity index (χ1n) is 11.4. The van der Waals surface area contributed by atoms with Crippen LogP contribution in [0.1, 0.15) is 43.2 Å². The Morgan fingerprint density at radius 2 is 1.94 bits per heavy atom. The molecule has 1 N–H and O–H groups in total. The van der Waals surface area contributed by atoms with E-state index in [0.29, 0.717) is 11.7 Å². The van der Waals surface area contributed by atoms with Crippen LogP contribution in [0.4, 0.5) is 4.79 Å². The summed E-state index contributed by atoms with van der Waals surface area (Å²) in [6, 6.07) is 18.7. The molecule has 1 heterocycles. The third-order valence-corrected chi connectivity index (χ3v) is 5.93. The van der Waals surface area contributed by atoms with Crippen molar-refractivity contribution in [1.82, 2.24) is 10.2 Å². The average Bonchev–Trinajstić information content (AvgIpc) is 3.62. The molecule has 33 heavy (non-hydrogen) atoms. The van der Waals surface area contributed by atoms with Crippen molar-refractivity contribution in [2.75, 3.05) is 13.1 Å². The molecule has 2 aliphatic rings. The van der Waals surface area contributed by atoms with Gasteiger partial charge in [0.1, 0.15) is 5.75 Å². The molecule has 6 heteroatoms. The molecule has 0 bridgehead atoms. The summed E-state index contributed by atoms with van der Waals surface area (Å²) in [5.41, 5.74) is 3.69. The molecule has 1 aliphatic heterocycles. The number of aliphatic imine (C=N–C) groups is 2. The Balaban J connectivity index is 1.28. The summed E-state index contributed by atoms with van der Waals surface area (Å²) in [6.07, 6.45) is 8.36. The highest BCUT2D eigenvalue weighted by Gasteiger charge is 2.40. The molecular weight excluding hydrogens is 412 g/mol. The Morgan fingerprint density at radius 3 is 2.67 bits per heavy atom. The van der Waals surface area contributed by atoms with Gasteiger partial charge in [-0.1, -0.05) is 60.2 Å². The SMILES string of the molecule is C=NC(=N/C=C\C)Oc1cccc(C=C2CCN(C(=O)NC3CC3c3ccccc3)CC2)c1. The number of piperidine rings is 1. The van der Waals surface area contributed by atoms with Gasteiger partial charge in [-0.05, 0) is 56.2 Å². The van der Waals surface area contributed by atoms with E-state index in [-0.39, 0.29) is 18.1 Å². The lowest BCUT2D eigenvalue weighted by Gasteiger charge is -2.28. The molecule has 2 aromatic rings. The minimum Gasteiger partial charge on any atom is -0.424 e. The van der Waals surface area contributed by atoms with Gasteiger partial charge < -0.3 is 15.0 Å². The van der Waals surface area contributed by atoms with Gasteiger partial charge in [0.15, 0.2) is 0 Å². The fourth-order valence-electron chi connectivity index (χ4n) is 4.06. The van der Waals surface area contributed by atoms with Crippen molar-refractivity contribution >= 4 is 24.8 Å². The van der Waals surface area contributed by atoms with E-state index in [4.69, 9.17) is 4.74 Å². The molecule has 6 nitrogen and oxygen atoms in total. The first-order valence-corrected chi connectivity index (χ1v) is 11.4. The second-order valence-corrected chi connectivity index (χ2v) is 8.33. The van der Waals surface area contributed by atoms with Crippen LogP contribution in [-0.4, -0.2) is 42.8 Å². The quantitative estimate of drug-likeness (QED) is 0.498. The molecule has 4 rings (SSSR count). The van der Waals surface area contributed by atoms with Gasteiger partial charge in [-0.3, -0.25) is 0 Å². The van der Waals surface area contributed by atoms with Gasteiger partial charge in [-0.2, -0.15) is 0 Å². The van der Waals surface area contributed by atoms with Crippen LogP contribution in [0.2, 0.25) is 0 Å². The molecule has 2 unspecified atom stereocenters. The van der Waals surface area contributed by atoms with Crippen molar-refractivity contribution in [1.29, 1.82) is 0 Å². The summed E-state index contributed by atoms with van der Waals surface area (Å²) < 4.78 is 5.71. The van der Waals surface area contributed by atoms with Gasteiger partial charge in [0, 0.05) is 31.2 Å². The molecule has 2 fully saturated rings. The van der Waals surface area contributed by atoms with Crippen LogP contribution in [0.25, 0.3) is 6.08 Å². The van der Waals surface area contributed by atoms with E-state index in [9.17, 15) is 4.79 Å². The van der Waals surface area contributed by atoms with Crippen LogP contribution >= 0.6 is 0 Å². The molecule has 0 radical (unpaired) electrons. The van der Waals surface area contributed by atoms with Gasteiger partial charge in [0.2, 0.25) is 0 Å². The number of amides is 2. The largest absolute Gasteiger partial charge is 0.424 e. The third-order valence-electron chi connectivity index (χ3n) is 5.93.